The molecule has 0 unspecified atom stereocenters. The molecule has 1 aliphatic heterocycles. The molecule has 0 bridgehead atoms. The molecule has 9 nitrogen and oxygen atoms in total. The highest BCUT2D eigenvalue weighted by Gasteiger charge is 2.31. The van der Waals surface area contributed by atoms with E-state index in [1.54, 1.807) is 0 Å². The van der Waals surface area contributed by atoms with Crippen molar-refractivity contribution in [3.63, 3.8) is 0 Å². The molecular formula is C26H32N2O7. The molecule has 0 saturated carbocycles. The first-order valence-corrected chi connectivity index (χ1v) is 11.7. The Kier molecular flexibility index (Phi) is 9.46. The number of aromatic nitrogens is 1. The number of esters is 2. The molecule has 2 aromatic rings. The van der Waals surface area contributed by atoms with E-state index < -0.39 is 30.7 Å². The number of nitrogens with zero attached hydrogens (tertiary/aromatic N) is 1. The minimum atomic E-state index is -0.824. The first-order chi connectivity index (χ1) is 16.9. The SMILES string of the molecule is COc1ccnc(C(=O)N[C@H]2CCCC[C@@H](Cc3ccccc3)[C@H](C)OC2=O)c1OCOC(C)=O. The summed E-state index contributed by atoms with van der Waals surface area (Å²) in [5.74, 6) is -1.18. The number of carbonyl (C=O) groups excluding carboxylic acids is 3. The molecule has 0 radical (unpaired) electrons. The quantitative estimate of drug-likeness (QED) is 0.448. The summed E-state index contributed by atoms with van der Waals surface area (Å²) in [6, 6.07) is 10.8. The van der Waals surface area contributed by atoms with E-state index in [1.807, 2.05) is 25.1 Å². The Morgan fingerprint density at radius 2 is 1.89 bits per heavy atom. The van der Waals surface area contributed by atoms with Crippen molar-refractivity contribution in [3.05, 3.63) is 53.9 Å². The van der Waals surface area contributed by atoms with Gasteiger partial charge >= 0.3 is 11.9 Å². The fourth-order valence-electron chi connectivity index (χ4n) is 4.08. The molecule has 1 aliphatic rings. The Morgan fingerprint density at radius 1 is 1.14 bits per heavy atom. The van der Waals surface area contributed by atoms with E-state index in [9.17, 15) is 14.4 Å². The summed E-state index contributed by atoms with van der Waals surface area (Å²) in [5.41, 5.74) is 1.12. The lowest BCUT2D eigenvalue weighted by Crippen LogP contribution is -2.43. The predicted octanol–water partition coefficient (Wildman–Crippen LogP) is 3.45. The highest BCUT2D eigenvalue weighted by molar-refractivity contribution is 5.98. The molecule has 3 rings (SSSR count). The smallest absolute Gasteiger partial charge is 0.328 e. The summed E-state index contributed by atoms with van der Waals surface area (Å²) in [7, 11) is 1.42. The zero-order valence-electron chi connectivity index (χ0n) is 20.3. The number of benzene rings is 1. The number of cyclic esters (lactones) is 1. The second kappa shape index (κ2) is 12.7. The number of pyridine rings is 1. The first kappa shape index (κ1) is 26.0. The maximum Gasteiger partial charge on any atom is 0.328 e. The lowest BCUT2D eigenvalue weighted by atomic mass is 9.90. The molecule has 1 aromatic carbocycles. The Morgan fingerprint density at radius 3 is 2.60 bits per heavy atom. The lowest BCUT2D eigenvalue weighted by Gasteiger charge is -2.25. The number of methoxy groups -OCH3 is 1. The van der Waals surface area contributed by atoms with Crippen LogP contribution in [0.1, 0.15) is 55.6 Å². The van der Waals surface area contributed by atoms with Gasteiger partial charge in [-0.25, -0.2) is 9.78 Å². The number of hydrogen-bond acceptors (Lipinski definition) is 8. The van der Waals surface area contributed by atoms with Crippen molar-refractivity contribution in [2.24, 2.45) is 5.92 Å². The topological polar surface area (TPSA) is 113 Å². The largest absolute Gasteiger partial charge is 0.493 e. The molecule has 0 spiro atoms. The number of rotatable bonds is 8. The molecule has 1 N–H and O–H groups in total. The van der Waals surface area contributed by atoms with Gasteiger partial charge in [-0.05, 0) is 37.7 Å². The Bertz CT molecular complexity index is 1010. The summed E-state index contributed by atoms with van der Waals surface area (Å²) >= 11 is 0. The van der Waals surface area contributed by atoms with Gasteiger partial charge in [0.25, 0.3) is 5.91 Å². The van der Waals surface area contributed by atoms with Crippen LogP contribution < -0.4 is 14.8 Å². The Hall–Kier alpha value is -3.62. The van der Waals surface area contributed by atoms with Crippen molar-refractivity contribution >= 4 is 17.8 Å². The van der Waals surface area contributed by atoms with Gasteiger partial charge in [0.15, 0.2) is 17.2 Å². The standard InChI is InChI=1S/C26H32N2O7/c1-17-20(15-19-9-5-4-6-10-19)11-7-8-12-21(26(31)35-17)28-25(30)23-24(34-16-33-18(2)29)22(32-3)13-14-27-23/h4-6,9-10,13-14,17,20-21H,7-8,11-12,15-16H2,1-3H3,(H,28,30)/t17-,20-,21-/m0/s1. The molecule has 3 atom stereocenters. The fourth-order valence-corrected chi connectivity index (χ4v) is 4.08. The molecule has 1 aromatic heterocycles. The van der Waals surface area contributed by atoms with Crippen LogP contribution in [0.15, 0.2) is 42.6 Å². The van der Waals surface area contributed by atoms with Gasteiger partial charge in [-0.15, -0.1) is 0 Å². The van der Waals surface area contributed by atoms with Gasteiger partial charge < -0.3 is 24.3 Å². The number of amides is 1. The maximum atomic E-state index is 13.1. The van der Waals surface area contributed by atoms with Crippen LogP contribution in [-0.2, 0) is 25.5 Å². The van der Waals surface area contributed by atoms with Crippen LogP contribution in [0.4, 0.5) is 0 Å². The number of carbonyl (C=O) groups is 3. The van der Waals surface area contributed by atoms with E-state index in [1.165, 1.54) is 31.9 Å². The van der Waals surface area contributed by atoms with Crippen LogP contribution in [0.2, 0.25) is 0 Å². The highest BCUT2D eigenvalue weighted by Crippen LogP contribution is 2.30. The van der Waals surface area contributed by atoms with Crippen molar-refractivity contribution in [1.29, 1.82) is 0 Å². The van der Waals surface area contributed by atoms with E-state index in [2.05, 4.69) is 22.4 Å². The van der Waals surface area contributed by atoms with E-state index >= 15 is 0 Å². The van der Waals surface area contributed by atoms with Crippen molar-refractivity contribution < 1.29 is 33.3 Å². The third-order valence-corrected chi connectivity index (χ3v) is 5.98. The molecule has 1 saturated heterocycles. The number of nitrogens with one attached hydrogen (secondary N) is 1. The summed E-state index contributed by atoms with van der Waals surface area (Å²) in [6.45, 7) is 2.73. The molecule has 35 heavy (non-hydrogen) atoms. The van der Waals surface area contributed by atoms with Crippen molar-refractivity contribution in [2.45, 2.75) is 58.1 Å². The van der Waals surface area contributed by atoms with Crippen molar-refractivity contribution in [3.8, 4) is 11.5 Å². The van der Waals surface area contributed by atoms with Gasteiger partial charge in [-0.2, -0.15) is 0 Å². The van der Waals surface area contributed by atoms with E-state index in [0.29, 0.717) is 6.42 Å². The lowest BCUT2D eigenvalue weighted by molar-refractivity contribution is -0.153. The van der Waals surface area contributed by atoms with Gasteiger partial charge in [-0.1, -0.05) is 43.2 Å². The summed E-state index contributed by atoms with van der Waals surface area (Å²) in [6.07, 6.45) is 4.97. The summed E-state index contributed by atoms with van der Waals surface area (Å²) in [4.78, 5) is 41.2. The first-order valence-electron chi connectivity index (χ1n) is 11.7. The second-order valence-corrected chi connectivity index (χ2v) is 8.49. The van der Waals surface area contributed by atoms with Crippen molar-refractivity contribution in [2.75, 3.05) is 13.9 Å². The molecule has 188 valence electrons. The summed E-state index contributed by atoms with van der Waals surface area (Å²) < 4.78 is 21.3. The normalized spacial score (nSPS) is 20.4. The molecule has 2 heterocycles. The van der Waals surface area contributed by atoms with E-state index in [4.69, 9.17) is 18.9 Å². The van der Waals surface area contributed by atoms with Gasteiger partial charge in [0.2, 0.25) is 6.79 Å². The van der Waals surface area contributed by atoms with Gasteiger partial charge in [0, 0.05) is 19.2 Å². The minimum Gasteiger partial charge on any atom is -0.493 e. The van der Waals surface area contributed by atoms with Gasteiger partial charge in [-0.3, -0.25) is 9.59 Å². The van der Waals surface area contributed by atoms with Crippen molar-refractivity contribution in [1.82, 2.24) is 10.3 Å². The molecule has 1 amide bonds. The van der Waals surface area contributed by atoms with Crippen LogP contribution in [0, 0.1) is 5.92 Å². The zero-order valence-corrected chi connectivity index (χ0v) is 20.3. The maximum absolute atomic E-state index is 13.1. The van der Waals surface area contributed by atoms with Gasteiger partial charge in [0.05, 0.1) is 7.11 Å². The minimum absolute atomic E-state index is 0.0153. The van der Waals surface area contributed by atoms with E-state index in [0.717, 1.165) is 25.7 Å². The third kappa shape index (κ3) is 7.43. The average Bonchev–Trinajstić information content (AvgIpc) is 2.90. The van der Waals surface area contributed by atoms with Crippen LogP contribution in [-0.4, -0.2) is 48.9 Å². The monoisotopic (exact) mass is 484 g/mol. The number of ether oxygens (including phenoxy) is 4. The molecule has 9 heteroatoms. The molecular weight excluding hydrogens is 452 g/mol. The third-order valence-electron chi connectivity index (χ3n) is 5.98. The van der Waals surface area contributed by atoms with Crippen LogP contribution in [0.25, 0.3) is 0 Å². The average molecular weight is 485 g/mol. The fraction of sp³-hybridized carbons (Fsp3) is 0.462. The molecule has 0 aliphatic carbocycles. The highest BCUT2D eigenvalue weighted by atomic mass is 16.7. The van der Waals surface area contributed by atoms with Gasteiger partial charge in [0.1, 0.15) is 12.1 Å². The van der Waals surface area contributed by atoms with Crippen LogP contribution >= 0.6 is 0 Å². The number of hydrogen-bond donors (Lipinski definition) is 1. The van der Waals surface area contributed by atoms with Crippen LogP contribution in [0.3, 0.4) is 0 Å². The van der Waals surface area contributed by atoms with E-state index in [-0.39, 0.29) is 29.2 Å². The van der Waals surface area contributed by atoms with Crippen LogP contribution in [0.5, 0.6) is 11.5 Å². The molecule has 1 fully saturated rings. The summed E-state index contributed by atoms with van der Waals surface area (Å²) in [5, 5.41) is 2.74. The Labute approximate surface area is 205 Å². The second-order valence-electron chi connectivity index (χ2n) is 8.49. The Balaban J connectivity index is 1.70. The zero-order chi connectivity index (χ0) is 25.2. The predicted molar refractivity (Wildman–Crippen MR) is 127 cm³/mol.